The molecule has 6 nitrogen and oxygen atoms in total. The number of hydrogen-bond donors (Lipinski definition) is 1. The molecule has 1 fully saturated rings. The fourth-order valence-electron chi connectivity index (χ4n) is 2.61. The molecular weight excluding hydrogens is 371 g/mol. The number of anilines is 1. The molecule has 2 aromatic carbocycles. The number of halogens is 1. The van der Waals surface area contributed by atoms with Gasteiger partial charge in [-0.15, -0.1) is 0 Å². The van der Waals surface area contributed by atoms with Crippen LogP contribution in [0, 0.1) is 5.82 Å². The van der Waals surface area contributed by atoms with Crippen LogP contribution in [0.2, 0.25) is 0 Å². The molecule has 0 aliphatic carbocycles. The van der Waals surface area contributed by atoms with E-state index in [1.165, 1.54) is 38.5 Å². The molecule has 1 aliphatic heterocycles. The van der Waals surface area contributed by atoms with Crippen LogP contribution in [0.4, 0.5) is 10.1 Å². The maximum Gasteiger partial charge on any atom is 0.270 e. The summed E-state index contributed by atoms with van der Waals surface area (Å²) < 4.78 is 24.0. The third-order valence-corrected chi connectivity index (χ3v) is 4.19. The minimum absolute atomic E-state index is 0.120. The number of benzene rings is 2. The van der Waals surface area contributed by atoms with Crippen LogP contribution in [0.1, 0.15) is 5.56 Å². The lowest BCUT2D eigenvalue weighted by Crippen LogP contribution is -2.54. The van der Waals surface area contributed by atoms with Crippen molar-refractivity contribution in [2.45, 2.75) is 0 Å². The largest absolute Gasteiger partial charge is 0.497 e. The van der Waals surface area contributed by atoms with Crippen LogP contribution in [-0.2, 0) is 9.59 Å². The molecule has 0 spiro atoms. The highest BCUT2D eigenvalue weighted by molar-refractivity contribution is 7.80. The summed E-state index contributed by atoms with van der Waals surface area (Å²) in [6.45, 7) is 0. The first kappa shape index (κ1) is 18.5. The maximum atomic E-state index is 13.6. The van der Waals surface area contributed by atoms with Gasteiger partial charge in [-0.2, -0.15) is 0 Å². The Kier molecular flexibility index (Phi) is 5.18. The number of nitrogens with zero attached hydrogens (tertiary/aromatic N) is 1. The molecule has 1 N–H and O–H groups in total. The Hall–Kier alpha value is -3.26. The molecule has 1 heterocycles. The third kappa shape index (κ3) is 3.65. The zero-order chi connectivity index (χ0) is 19.6. The van der Waals surface area contributed by atoms with Gasteiger partial charge >= 0.3 is 0 Å². The van der Waals surface area contributed by atoms with Gasteiger partial charge in [0.1, 0.15) is 22.9 Å². The molecule has 8 heteroatoms. The monoisotopic (exact) mass is 386 g/mol. The Bertz CT molecular complexity index is 974. The van der Waals surface area contributed by atoms with E-state index in [0.29, 0.717) is 17.1 Å². The number of nitrogens with one attached hydrogen (secondary N) is 1. The summed E-state index contributed by atoms with van der Waals surface area (Å²) in [5.41, 5.74) is 0.523. The number of hydrogen-bond acceptors (Lipinski definition) is 5. The SMILES string of the molecule is COc1ccc(OC)c(/C=C2/C(=O)NC(=S)N(c3cccc(F)c3)C2=O)c1. The average Bonchev–Trinajstić information content (AvgIpc) is 2.64. The lowest BCUT2D eigenvalue weighted by molar-refractivity contribution is -0.122. The molecule has 138 valence electrons. The molecule has 0 unspecified atom stereocenters. The highest BCUT2D eigenvalue weighted by Crippen LogP contribution is 2.28. The summed E-state index contributed by atoms with van der Waals surface area (Å²) in [6.07, 6.45) is 1.38. The first-order chi connectivity index (χ1) is 12.9. The van der Waals surface area contributed by atoms with Gasteiger partial charge in [0.25, 0.3) is 11.8 Å². The molecule has 0 bridgehead atoms. The normalized spacial score (nSPS) is 15.7. The smallest absolute Gasteiger partial charge is 0.270 e. The number of rotatable bonds is 4. The standard InChI is InChI=1S/C19H15FN2O4S/c1-25-14-6-7-16(26-2)11(8-14)9-15-17(23)21-19(27)22(18(15)24)13-5-3-4-12(20)10-13/h3-10H,1-2H3,(H,21,23,27)/b15-9-. The summed E-state index contributed by atoms with van der Waals surface area (Å²) in [4.78, 5) is 26.4. The minimum atomic E-state index is -0.667. The van der Waals surface area contributed by atoms with Gasteiger partial charge in [0.05, 0.1) is 19.9 Å². The van der Waals surface area contributed by atoms with Crippen LogP contribution in [0.15, 0.2) is 48.0 Å². The Morgan fingerprint density at radius 1 is 1.11 bits per heavy atom. The molecule has 0 saturated carbocycles. The Labute approximate surface area is 160 Å². The minimum Gasteiger partial charge on any atom is -0.497 e. The first-order valence-electron chi connectivity index (χ1n) is 7.83. The van der Waals surface area contributed by atoms with E-state index >= 15 is 0 Å². The molecule has 2 amide bonds. The zero-order valence-electron chi connectivity index (χ0n) is 14.5. The van der Waals surface area contributed by atoms with Crippen molar-refractivity contribution < 1.29 is 23.5 Å². The van der Waals surface area contributed by atoms with Gasteiger partial charge in [0, 0.05) is 5.56 Å². The molecule has 2 aromatic rings. The van der Waals surface area contributed by atoms with Crippen LogP contribution >= 0.6 is 12.2 Å². The number of carbonyl (C=O) groups is 2. The zero-order valence-corrected chi connectivity index (χ0v) is 15.3. The van der Waals surface area contributed by atoms with Crippen molar-refractivity contribution in [1.82, 2.24) is 5.32 Å². The van der Waals surface area contributed by atoms with Crippen LogP contribution in [0.5, 0.6) is 11.5 Å². The molecule has 0 radical (unpaired) electrons. The molecule has 0 atom stereocenters. The van der Waals surface area contributed by atoms with Gasteiger partial charge in [0.2, 0.25) is 0 Å². The van der Waals surface area contributed by atoms with Crippen molar-refractivity contribution in [1.29, 1.82) is 0 Å². The third-order valence-electron chi connectivity index (χ3n) is 3.90. The lowest BCUT2D eigenvalue weighted by Gasteiger charge is -2.29. The van der Waals surface area contributed by atoms with Crippen molar-refractivity contribution in [3.63, 3.8) is 0 Å². The predicted molar refractivity (Wildman–Crippen MR) is 102 cm³/mol. The summed E-state index contributed by atoms with van der Waals surface area (Å²) in [6, 6.07) is 10.4. The first-order valence-corrected chi connectivity index (χ1v) is 8.24. The van der Waals surface area contributed by atoms with Gasteiger partial charge in [-0.05, 0) is 54.7 Å². The number of ether oxygens (including phenoxy) is 2. The summed E-state index contributed by atoms with van der Waals surface area (Å²) in [5, 5.41) is 2.33. The van der Waals surface area contributed by atoms with Crippen LogP contribution in [0.3, 0.4) is 0 Å². The van der Waals surface area contributed by atoms with E-state index in [1.54, 1.807) is 18.2 Å². The second kappa shape index (κ2) is 7.55. The van der Waals surface area contributed by atoms with Crippen molar-refractivity contribution in [2.75, 3.05) is 19.1 Å². The molecule has 27 heavy (non-hydrogen) atoms. The lowest BCUT2D eigenvalue weighted by atomic mass is 10.1. The average molecular weight is 386 g/mol. The molecular formula is C19H15FN2O4S. The van der Waals surface area contributed by atoms with E-state index in [0.717, 1.165) is 11.0 Å². The van der Waals surface area contributed by atoms with E-state index in [2.05, 4.69) is 5.32 Å². The van der Waals surface area contributed by atoms with Gasteiger partial charge in [-0.1, -0.05) is 6.07 Å². The van der Waals surface area contributed by atoms with E-state index in [1.807, 2.05) is 0 Å². The summed E-state index contributed by atoms with van der Waals surface area (Å²) in [5.74, 6) is -0.861. The van der Waals surface area contributed by atoms with Crippen LogP contribution in [-0.4, -0.2) is 31.1 Å². The maximum absolute atomic E-state index is 13.6. The van der Waals surface area contributed by atoms with Crippen molar-refractivity contribution in [2.24, 2.45) is 0 Å². The Morgan fingerprint density at radius 2 is 1.89 bits per heavy atom. The molecule has 0 aromatic heterocycles. The van der Waals surface area contributed by atoms with Crippen molar-refractivity contribution in [3.05, 3.63) is 59.4 Å². The second-order valence-electron chi connectivity index (χ2n) is 5.55. The van der Waals surface area contributed by atoms with Crippen molar-refractivity contribution in [3.8, 4) is 11.5 Å². The Balaban J connectivity index is 2.07. The number of methoxy groups -OCH3 is 2. The number of thiocarbonyl (C=S) groups is 1. The van der Waals surface area contributed by atoms with Gasteiger partial charge in [-0.3, -0.25) is 19.8 Å². The van der Waals surface area contributed by atoms with Gasteiger partial charge in [-0.25, -0.2) is 4.39 Å². The van der Waals surface area contributed by atoms with Crippen molar-refractivity contribution >= 4 is 40.9 Å². The van der Waals surface area contributed by atoms with E-state index < -0.39 is 17.6 Å². The second-order valence-corrected chi connectivity index (χ2v) is 5.93. The molecule has 1 saturated heterocycles. The van der Waals surface area contributed by atoms with E-state index in [-0.39, 0.29) is 16.4 Å². The fraction of sp³-hybridized carbons (Fsp3) is 0.105. The fourth-order valence-corrected chi connectivity index (χ4v) is 2.90. The summed E-state index contributed by atoms with van der Waals surface area (Å²) in [7, 11) is 2.97. The van der Waals surface area contributed by atoms with Crippen LogP contribution < -0.4 is 19.7 Å². The Morgan fingerprint density at radius 3 is 2.56 bits per heavy atom. The molecule has 3 rings (SSSR count). The quantitative estimate of drug-likeness (QED) is 0.497. The summed E-state index contributed by atoms with van der Waals surface area (Å²) >= 11 is 5.09. The van der Waals surface area contributed by atoms with Gasteiger partial charge < -0.3 is 9.47 Å². The topological polar surface area (TPSA) is 67.9 Å². The number of carbonyl (C=O) groups excluding carboxylic acids is 2. The van der Waals surface area contributed by atoms with E-state index in [4.69, 9.17) is 21.7 Å². The molecule has 1 aliphatic rings. The van der Waals surface area contributed by atoms with E-state index in [9.17, 15) is 14.0 Å². The number of amides is 2. The highest BCUT2D eigenvalue weighted by Gasteiger charge is 2.34. The van der Waals surface area contributed by atoms with Gasteiger partial charge in [0.15, 0.2) is 5.11 Å². The highest BCUT2D eigenvalue weighted by atomic mass is 32.1. The predicted octanol–water partition coefficient (Wildman–Crippen LogP) is 2.67. The van der Waals surface area contributed by atoms with Crippen LogP contribution in [0.25, 0.3) is 6.08 Å².